The number of rotatable bonds is 12. The second-order valence-electron chi connectivity index (χ2n) is 7.66. The Kier molecular flexibility index (Phi) is 9.51. The van der Waals surface area contributed by atoms with Crippen LogP contribution in [0.5, 0.6) is 11.5 Å². The Morgan fingerprint density at radius 3 is 2.63 bits per heavy atom. The summed E-state index contributed by atoms with van der Waals surface area (Å²) in [6.07, 6.45) is 0.668. The minimum absolute atomic E-state index is 0.124. The number of ether oxygens (including phenoxy) is 2. The predicted octanol–water partition coefficient (Wildman–Crippen LogP) is 4.95. The van der Waals surface area contributed by atoms with Crippen molar-refractivity contribution in [3.63, 3.8) is 0 Å². The zero-order valence-corrected chi connectivity index (χ0v) is 22.8. The SMILES string of the molecule is COc1ccc(-c2noc(CCC(=O)Nc3nnc(SCCC(=O)Nc4cccc(Cl)c4)s3)n2)cc1OC. The Bertz CT molecular complexity index is 1410. The Morgan fingerprint density at radius 1 is 1.03 bits per heavy atom. The van der Waals surface area contributed by atoms with Gasteiger partial charge in [0.1, 0.15) is 0 Å². The van der Waals surface area contributed by atoms with E-state index in [0.29, 0.717) is 54.7 Å². The van der Waals surface area contributed by atoms with Gasteiger partial charge in [-0.2, -0.15) is 4.98 Å². The molecule has 198 valence electrons. The number of aryl methyl sites for hydroxylation is 1. The Balaban J connectivity index is 1.20. The van der Waals surface area contributed by atoms with E-state index in [1.807, 2.05) is 0 Å². The molecule has 2 heterocycles. The number of methoxy groups -OCH3 is 2. The quantitative estimate of drug-likeness (QED) is 0.176. The van der Waals surface area contributed by atoms with Gasteiger partial charge in [-0.05, 0) is 36.4 Å². The minimum Gasteiger partial charge on any atom is -0.493 e. The van der Waals surface area contributed by atoms with E-state index in [0.717, 1.165) is 0 Å². The lowest BCUT2D eigenvalue weighted by molar-refractivity contribution is -0.116. The number of nitrogens with one attached hydrogen (secondary N) is 2. The Labute approximate surface area is 231 Å². The maximum absolute atomic E-state index is 12.4. The van der Waals surface area contributed by atoms with E-state index in [1.54, 1.807) is 56.7 Å². The lowest BCUT2D eigenvalue weighted by Crippen LogP contribution is -2.12. The van der Waals surface area contributed by atoms with Gasteiger partial charge in [0.2, 0.25) is 28.7 Å². The summed E-state index contributed by atoms with van der Waals surface area (Å²) < 4.78 is 16.5. The molecule has 14 heteroatoms. The van der Waals surface area contributed by atoms with Gasteiger partial charge in [0.15, 0.2) is 15.8 Å². The average molecular weight is 575 g/mol. The normalized spacial score (nSPS) is 10.7. The van der Waals surface area contributed by atoms with E-state index in [2.05, 4.69) is 31.0 Å². The summed E-state index contributed by atoms with van der Waals surface area (Å²) >= 11 is 8.54. The number of anilines is 2. The van der Waals surface area contributed by atoms with Crippen LogP contribution in [-0.2, 0) is 16.0 Å². The zero-order chi connectivity index (χ0) is 26.9. The molecule has 38 heavy (non-hydrogen) atoms. The molecule has 0 saturated heterocycles. The van der Waals surface area contributed by atoms with Crippen LogP contribution in [-0.4, -0.2) is 52.1 Å². The van der Waals surface area contributed by atoms with Crippen molar-refractivity contribution in [1.82, 2.24) is 20.3 Å². The summed E-state index contributed by atoms with van der Waals surface area (Å²) in [5.41, 5.74) is 1.34. The number of benzene rings is 2. The lowest BCUT2D eigenvalue weighted by Gasteiger charge is -2.07. The maximum Gasteiger partial charge on any atom is 0.227 e. The van der Waals surface area contributed by atoms with E-state index in [4.69, 9.17) is 25.6 Å². The van der Waals surface area contributed by atoms with Crippen molar-refractivity contribution >= 4 is 57.3 Å². The van der Waals surface area contributed by atoms with Crippen molar-refractivity contribution in [3.8, 4) is 22.9 Å². The van der Waals surface area contributed by atoms with E-state index in [-0.39, 0.29) is 31.1 Å². The van der Waals surface area contributed by atoms with E-state index < -0.39 is 0 Å². The molecule has 2 amide bonds. The van der Waals surface area contributed by atoms with Crippen LogP contribution in [0, 0.1) is 0 Å². The van der Waals surface area contributed by atoms with Crippen LogP contribution in [0.4, 0.5) is 10.8 Å². The minimum atomic E-state index is -0.260. The van der Waals surface area contributed by atoms with Crippen molar-refractivity contribution in [2.45, 2.75) is 23.6 Å². The number of amides is 2. The number of carbonyl (C=O) groups is 2. The summed E-state index contributed by atoms with van der Waals surface area (Å²) in [6, 6.07) is 12.2. The molecule has 0 saturated carbocycles. The molecule has 0 aliphatic carbocycles. The Morgan fingerprint density at radius 2 is 1.84 bits per heavy atom. The highest BCUT2D eigenvalue weighted by Crippen LogP contribution is 2.31. The van der Waals surface area contributed by atoms with Gasteiger partial charge in [0.25, 0.3) is 0 Å². The molecule has 0 radical (unpaired) electrons. The molecule has 2 N–H and O–H groups in total. The van der Waals surface area contributed by atoms with Crippen molar-refractivity contribution < 1.29 is 23.6 Å². The molecule has 2 aromatic carbocycles. The number of nitrogens with zero attached hydrogens (tertiary/aromatic N) is 4. The zero-order valence-electron chi connectivity index (χ0n) is 20.4. The van der Waals surface area contributed by atoms with Crippen LogP contribution < -0.4 is 20.1 Å². The fourth-order valence-electron chi connectivity index (χ4n) is 3.19. The van der Waals surface area contributed by atoms with Crippen molar-refractivity contribution in [2.24, 2.45) is 0 Å². The standard InChI is InChI=1S/C24H23ClN6O5S2/c1-34-17-7-6-14(12-18(17)35-2)22-28-21(36-31-22)9-8-19(32)27-23-29-30-24(38-23)37-11-10-20(33)26-16-5-3-4-15(25)13-16/h3-7,12-13H,8-11H2,1-2H3,(H,26,33)(H,27,29,32). The average Bonchev–Trinajstić information content (AvgIpc) is 3.57. The maximum atomic E-state index is 12.4. The molecule has 0 aliphatic rings. The first-order valence-corrected chi connectivity index (χ1v) is 13.5. The summed E-state index contributed by atoms with van der Waals surface area (Å²) in [6.45, 7) is 0. The first-order chi connectivity index (χ1) is 18.4. The highest BCUT2D eigenvalue weighted by Gasteiger charge is 2.15. The van der Waals surface area contributed by atoms with Crippen LogP contribution >= 0.6 is 34.7 Å². The second-order valence-corrected chi connectivity index (χ2v) is 10.4. The van der Waals surface area contributed by atoms with Crippen molar-refractivity contribution in [3.05, 3.63) is 53.4 Å². The molecule has 4 aromatic rings. The highest BCUT2D eigenvalue weighted by molar-refractivity contribution is 8.01. The van der Waals surface area contributed by atoms with E-state index in [9.17, 15) is 9.59 Å². The molecule has 2 aromatic heterocycles. The first kappa shape index (κ1) is 27.4. The molecular formula is C24H23ClN6O5S2. The number of hydrogen-bond donors (Lipinski definition) is 2. The summed E-state index contributed by atoms with van der Waals surface area (Å²) in [7, 11) is 3.10. The third-order valence-corrected chi connectivity index (χ3v) is 7.20. The molecule has 0 spiro atoms. The van der Waals surface area contributed by atoms with Gasteiger partial charge in [0, 0.05) is 41.3 Å². The molecule has 0 fully saturated rings. The molecule has 0 bridgehead atoms. The van der Waals surface area contributed by atoms with Gasteiger partial charge in [-0.25, -0.2) is 0 Å². The molecule has 11 nitrogen and oxygen atoms in total. The largest absolute Gasteiger partial charge is 0.493 e. The molecule has 4 rings (SSSR count). The lowest BCUT2D eigenvalue weighted by atomic mass is 10.2. The van der Waals surface area contributed by atoms with Crippen LogP contribution in [0.3, 0.4) is 0 Å². The summed E-state index contributed by atoms with van der Waals surface area (Å²) in [5.74, 6) is 1.97. The number of hydrogen-bond acceptors (Lipinski definition) is 11. The van der Waals surface area contributed by atoms with Gasteiger partial charge < -0.3 is 24.6 Å². The summed E-state index contributed by atoms with van der Waals surface area (Å²) in [4.78, 5) is 28.8. The van der Waals surface area contributed by atoms with Crippen LogP contribution in [0.15, 0.2) is 51.3 Å². The number of halogens is 1. The van der Waals surface area contributed by atoms with Gasteiger partial charge in [-0.3, -0.25) is 9.59 Å². The molecule has 0 unspecified atom stereocenters. The van der Waals surface area contributed by atoms with Gasteiger partial charge >= 0.3 is 0 Å². The third-order valence-electron chi connectivity index (χ3n) is 4.99. The van der Waals surface area contributed by atoms with Gasteiger partial charge in [-0.15, -0.1) is 10.2 Å². The van der Waals surface area contributed by atoms with Crippen LogP contribution in [0.25, 0.3) is 11.4 Å². The summed E-state index contributed by atoms with van der Waals surface area (Å²) in [5, 5.41) is 18.5. The van der Waals surface area contributed by atoms with Crippen LogP contribution in [0.2, 0.25) is 5.02 Å². The molecule has 0 aliphatic heterocycles. The Hall–Kier alpha value is -3.68. The van der Waals surface area contributed by atoms with Crippen LogP contribution in [0.1, 0.15) is 18.7 Å². The fraction of sp³-hybridized carbons (Fsp3) is 0.250. The van der Waals surface area contributed by atoms with E-state index >= 15 is 0 Å². The third kappa shape index (κ3) is 7.66. The van der Waals surface area contributed by atoms with Crippen molar-refractivity contribution in [2.75, 3.05) is 30.6 Å². The molecular weight excluding hydrogens is 552 g/mol. The second kappa shape index (κ2) is 13.2. The smallest absolute Gasteiger partial charge is 0.227 e. The number of carbonyl (C=O) groups excluding carboxylic acids is 2. The van der Waals surface area contributed by atoms with E-state index in [1.165, 1.54) is 23.1 Å². The predicted molar refractivity (Wildman–Crippen MR) is 145 cm³/mol. The number of thioether (sulfide) groups is 1. The highest BCUT2D eigenvalue weighted by atomic mass is 35.5. The fourth-order valence-corrected chi connectivity index (χ4v) is 5.16. The van der Waals surface area contributed by atoms with Crippen molar-refractivity contribution in [1.29, 1.82) is 0 Å². The number of aromatic nitrogens is 4. The monoisotopic (exact) mass is 574 g/mol. The molecule has 0 atom stereocenters. The topological polar surface area (TPSA) is 141 Å². The van der Waals surface area contributed by atoms with Gasteiger partial charge in [-0.1, -0.05) is 45.9 Å². The van der Waals surface area contributed by atoms with Gasteiger partial charge in [0.05, 0.1) is 14.2 Å². The first-order valence-electron chi connectivity index (χ1n) is 11.3.